The van der Waals surface area contributed by atoms with Gasteiger partial charge in [-0.1, -0.05) is 0 Å². The number of carboxylic acid groups (broad SMARTS) is 1. The summed E-state index contributed by atoms with van der Waals surface area (Å²) < 4.78 is 5.01. The van der Waals surface area contributed by atoms with Crippen molar-refractivity contribution >= 4 is 11.9 Å². The number of amides is 1. The first kappa shape index (κ1) is 12.2. The highest BCUT2D eigenvalue weighted by atomic mass is 16.4. The Balaban J connectivity index is 2.38. The Bertz CT molecular complexity index is 386. The van der Waals surface area contributed by atoms with Crippen molar-refractivity contribution < 1.29 is 19.1 Å². The molecule has 0 aliphatic rings. The van der Waals surface area contributed by atoms with E-state index in [9.17, 15) is 9.59 Å². The van der Waals surface area contributed by atoms with Gasteiger partial charge in [0.15, 0.2) is 0 Å². The molecule has 1 rings (SSSR count). The van der Waals surface area contributed by atoms with Crippen LogP contribution in [0.1, 0.15) is 24.9 Å². The van der Waals surface area contributed by atoms with E-state index in [1.807, 2.05) is 0 Å². The molecule has 1 amide bonds. The van der Waals surface area contributed by atoms with Gasteiger partial charge in [-0.2, -0.15) is 0 Å². The van der Waals surface area contributed by atoms with Crippen LogP contribution in [0.25, 0.3) is 0 Å². The number of nitrogens with zero attached hydrogens (tertiary/aromatic N) is 1. The predicted molar refractivity (Wildman–Crippen MR) is 54.8 cm³/mol. The fourth-order valence-corrected chi connectivity index (χ4v) is 1.26. The van der Waals surface area contributed by atoms with E-state index in [4.69, 9.17) is 9.52 Å². The number of hydrogen-bond acceptors (Lipinski definition) is 4. The zero-order valence-electron chi connectivity index (χ0n) is 9.19. The quantitative estimate of drug-likeness (QED) is 0.762. The van der Waals surface area contributed by atoms with Gasteiger partial charge < -0.3 is 14.8 Å². The van der Waals surface area contributed by atoms with Crippen molar-refractivity contribution in [3.63, 3.8) is 0 Å². The molecular weight excluding hydrogens is 212 g/mol. The van der Waals surface area contributed by atoms with Crippen molar-refractivity contribution in [3.8, 4) is 0 Å². The Labute approximate surface area is 92.7 Å². The highest BCUT2D eigenvalue weighted by Crippen LogP contribution is 2.01. The number of carboxylic acids is 1. The maximum atomic E-state index is 11.4. The molecule has 0 fully saturated rings. The van der Waals surface area contributed by atoms with E-state index in [1.165, 1.54) is 6.26 Å². The summed E-state index contributed by atoms with van der Waals surface area (Å²) in [6.45, 7) is 3.39. The van der Waals surface area contributed by atoms with Gasteiger partial charge in [0.2, 0.25) is 11.8 Å². The summed E-state index contributed by atoms with van der Waals surface area (Å²) in [7, 11) is 0. The van der Waals surface area contributed by atoms with Crippen molar-refractivity contribution in [1.29, 1.82) is 0 Å². The second-order valence-electron chi connectivity index (χ2n) is 3.63. The summed E-state index contributed by atoms with van der Waals surface area (Å²) in [6.07, 6.45) is 1.39. The van der Waals surface area contributed by atoms with Gasteiger partial charge in [-0.15, -0.1) is 0 Å². The molecule has 0 bridgehead atoms. The third-order valence-electron chi connectivity index (χ3n) is 1.87. The smallest absolute Gasteiger partial charge is 0.305 e. The van der Waals surface area contributed by atoms with Crippen LogP contribution in [0, 0.1) is 6.92 Å². The van der Waals surface area contributed by atoms with Crippen LogP contribution in [0.15, 0.2) is 10.7 Å². The Morgan fingerprint density at radius 1 is 1.62 bits per heavy atom. The lowest BCUT2D eigenvalue weighted by Crippen LogP contribution is -2.35. The Kier molecular flexibility index (Phi) is 4.04. The van der Waals surface area contributed by atoms with Gasteiger partial charge in [0, 0.05) is 6.04 Å². The number of carbonyl (C=O) groups excluding carboxylic acids is 1. The molecule has 6 nitrogen and oxygen atoms in total. The summed E-state index contributed by atoms with van der Waals surface area (Å²) in [5.74, 6) is -0.909. The first-order chi connectivity index (χ1) is 7.47. The highest BCUT2D eigenvalue weighted by Gasteiger charge is 2.13. The number of nitrogens with one attached hydrogen (secondary N) is 1. The number of aromatic nitrogens is 1. The topological polar surface area (TPSA) is 92.4 Å². The molecule has 1 heterocycles. The molecule has 1 atom stereocenters. The highest BCUT2D eigenvalue weighted by molar-refractivity contribution is 5.78. The van der Waals surface area contributed by atoms with Crippen LogP contribution in [-0.2, 0) is 16.0 Å². The summed E-state index contributed by atoms with van der Waals surface area (Å²) in [5, 5.41) is 11.1. The standard InChI is InChI=1S/C10H14N2O4/c1-6(3-10(14)15)11-8(13)4-9-12-7(2)5-16-9/h5-6H,3-4H2,1-2H3,(H,11,13)(H,14,15). The first-order valence-electron chi connectivity index (χ1n) is 4.89. The number of carbonyl (C=O) groups is 2. The number of aliphatic carboxylic acids is 1. The molecule has 0 saturated carbocycles. The average molecular weight is 226 g/mol. The van der Waals surface area contributed by atoms with E-state index in [0.29, 0.717) is 11.6 Å². The molecule has 0 aliphatic carbocycles. The molecule has 0 spiro atoms. The second kappa shape index (κ2) is 5.29. The molecule has 0 aromatic carbocycles. The van der Waals surface area contributed by atoms with Gasteiger partial charge in [-0.25, -0.2) is 4.98 Å². The zero-order chi connectivity index (χ0) is 12.1. The van der Waals surface area contributed by atoms with Crippen molar-refractivity contribution in [1.82, 2.24) is 10.3 Å². The zero-order valence-corrected chi connectivity index (χ0v) is 9.19. The van der Waals surface area contributed by atoms with Crippen LogP contribution in [0.4, 0.5) is 0 Å². The van der Waals surface area contributed by atoms with Gasteiger partial charge in [0.05, 0.1) is 12.1 Å². The number of oxazole rings is 1. The predicted octanol–water partition coefficient (Wildman–Crippen LogP) is 0.505. The summed E-state index contributed by atoms with van der Waals surface area (Å²) in [6, 6.07) is -0.402. The maximum absolute atomic E-state index is 11.4. The molecule has 16 heavy (non-hydrogen) atoms. The van der Waals surface area contributed by atoms with E-state index in [1.54, 1.807) is 13.8 Å². The largest absolute Gasteiger partial charge is 0.481 e. The lowest BCUT2D eigenvalue weighted by atomic mass is 10.2. The Morgan fingerprint density at radius 3 is 2.81 bits per heavy atom. The maximum Gasteiger partial charge on any atom is 0.305 e. The molecule has 88 valence electrons. The van der Waals surface area contributed by atoms with Crippen LogP contribution in [0.5, 0.6) is 0 Å². The second-order valence-corrected chi connectivity index (χ2v) is 3.63. The fraction of sp³-hybridized carbons (Fsp3) is 0.500. The van der Waals surface area contributed by atoms with Gasteiger partial charge in [0.25, 0.3) is 0 Å². The van der Waals surface area contributed by atoms with E-state index in [-0.39, 0.29) is 18.7 Å². The lowest BCUT2D eigenvalue weighted by Gasteiger charge is -2.10. The van der Waals surface area contributed by atoms with Crippen molar-refractivity contribution in [2.45, 2.75) is 32.7 Å². The monoisotopic (exact) mass is 226 g/mol. The van der Waals surface area contributed by atoms with Crippen LogP contribution < -0.4 is 5.32 Å². The Morgan fingerprint density at radius 2 is 2.31 bits per heavy atom. The van der Waals surface area contributed by atoms with E-state index < -0.39 is 12.0 Å². The van der Waals surface area contributed by atoms with Gasteiger partial charge in [-0.05, 0) is 13.8 Å². The van der Waals surface area contributed by atoms with Crippen LogP contribution in [0.3, 0.4) is 0 Å². The average Bonchev–Trinajstić information content (AvgIpc) is 2.48. The van der Waals surface area contributed by atoms with Crippen LogP contribution in [-0.4, -0.2) is 28.0 Å². The van der Waals surface area contributed by atoms with Gasteiger partial charge >= 0.3 is 5.97 Å². The Hall–Kier alpha value is -1.85. The van der Waals surface area contributed by atoms with Crippen LogP contribution >= 0.6 is 0 Å². The third kappa shape index (κ3) is 4.12. The molecule has 2 N–H and O–H groups in total. The molecule has 1 unspecified atom stereocenters. The molecule has 6 heteroatoms. The van der Waals surface area contributed by atoms with Crippen molar-refractivity contribution in [2.24, 2.45) is 0 Å². The first-order valence-corrected chi connectivity index (χ1v) is 4.89. The van der Waals surface area contributed by atoms with Crippen LogP contribution in [0.2, 0.25) is 0 Å². The summed E-state index contributed by atoms with van der Waals surface area (Å²) in [4.78, 5) is 25.8. The lowest BCUT2D eigenvalue weighted by molar-refractivity contribution is -0.137. The molecule has 1 aromatic heterocycles. The van der Waals surface area contributed by atoms with E-state index in [0.717, 1.165) is 0 Å². The summed E-state index contributed by atoms with van der Waals surface area (Å²) in [5.41, 5.74) is 0.710. The van der Waals surface area contributed by atoms with E-state index in [2.05, 4.69) is 10.3 Å². The minimum atomic E-state index is -0.945. The van der Waals surface area contributed by atoms with E-state index >= 15 is 0 Å². The SMILES string of the molecule is Cc1coc(CC(=O)NC(C)CC(=O)O)n1. The molecule has 0 aliphatic heterocycles. The van der Waals surface area contributed by atoms with Crippen molar-refractivity contribution in [2.75, 3.05) is 0 Å². The molecule has 0 radical (unpaired) electrons. The minimum absolute atomic E-state index is 0.0256. The van der Waals surface area contributed by atoms with Gasteiger partial charge in [-0.3, -0.25) is 9.59 Å². The molecule has 1 aromatic rings. The molecular formula is C10H14N2O4. The number of aryl methyl sites for hydroxylation is 1. The van der Waals surface area contributed by atoms with Crippen molar-refractivity contribution in [3.05, 3.63) is 17.8 Å². The minimum Gasteiger partial charge on any atom is -0.481 e. The third-order valence-corrected chi connectivity index (χ3v) is 1.87. The molecule has 0 saturated heterocycles. The normalized spacial score (nSPS) is 12.1. The number of hydrogen-bond donors (Lipinski definition) is 2. The number of rotatable bonds is 5. The summed E-state index contributed by atoms with van der Waals surface area (Å²) >= 11 is 0. The fourth-order valence-electron chi connectivity index (χ4n) is 1.26. The van der Waals surface area contributed by atoms with Gasteiger partial charge in [0.1, 0.15) is 12.7 Å².